The Kier molecular flexibility index (Phi) is 6.89. The number of nitrogens with one attached hydrogen (secondary N) is 1. The molecule has 4 rings (SSSR count). The van der Waals surface area contributed by atoms with Crippen molar-refractivity contribution >= 4 is 23.2 Å². The second-order valence-electron chi connectivity index (χ2n) is 7.01. The van der Waals surface area contributed by atoms with Gasteiger partial charge in [0.1, 0.15) is 6.61 Å². The number of methoxy groups -OCH3 is 2. The summed E-state index contributed by atoms with van der Waals surface area (Å²) in [4.78, 5) is 12.3. The molecule has 0 aliphatic heterocycles. The van der Waals surface area contributed by atoms with Gasteiger partial charge in [-0.2, -0.15) is 4.52 Å². The Labute approximate surface area is 195 Å². The number of carbonyl (C=O) groups excluding carboxylic acids is 1. The average molecular weight is 468 g/mol. The Morgan fingerprint density at radius 3 is 2.64 bits per heavy atom. The minimum atomic E-state index is -0.131. The normalized spacial score (nSPS) is 10.8. The molecule has 1 N–H and O–H groups in total. The fraction of sp³-hybridized carbons (Fsp3) is 0.217. The number of ether oxygens (including phenoxy) is 3. The molecule has 0 aliphatic rings. The molecule has 170 valence electrons. The summed E-state index contributed by atoms with van der Waals surface area (Å²) in [6.07, 6.45) is 0.215. The Bertz CT molecular complexity index is 1280. The van der Waals surface area contributed by atoms with Crippen molar-refractivity contribution < 1.29 is 19.0 Å². The standard InChI is InChI=1S/C23H22ClN5O4/c1-31-18-8-7-15(13-19(18)32-2)14-21(30)25-11-12-33-22-10-9-20-26-27-23(29(20)28-22)16-5-3-4-6-17(16)24/h3-10,13H,11-12,14H2,1-2H3,(H,25,30). The van der Waals surface area contributed by atoms with Crippen LogP contribution in [0.5, 0.6) is 17.4 Å². The van der Waals surface area contributed by atoms with Crippen molar-refractivity contribution in [1.29, 1.82) is 0 Å². The lowest BCUT2D eigenvalue weighted by Gasteiger charge is -2.10. The third-order valence-corrected chi connectivity index (χ3v) is 5.17. The van der Waals surface area contributed by atoms with Crippen LogP contribution in [0.1, 0.15) is 5.56 Å². The van der Waals surface area contributed by atoms with E-state index in [1.807, 2.05) is 24.3 Å². The maximum Gasteiger partial charge on any atom is 0.231 e. The number of hydrogen-bond donors (Lipinski definition) is 1. The van der Waals surface area contributed by atoms with Crippen LogP contribution in [-0.2, 0) is 11.2 Å². The zero-order chi connectivity index (χ0) is 23.2. The number of benzene rings is 2. The Morgan fingerprint density at radius 1 is 1.03 bits per heavy atom. The van der Waals surface area contributed by atoms with Gasteiger partial charge in [-0.25, -0.2) is 0 Å². The molecule has 0 radical (unpaired) electrons. The van der Waals surface area contributed by atoms with Crippen LogP contribution in [0.15, 0.2) is 54.6 Å². The molecule has 2 heterocycles. The van der Waals surface area contributed by atoms with Crippen LogP contribution < -0.4 is 19.5 Å². The van der Waals surface area contributed by atoms with Gasteiger partial charge in [-0.05, 0) is 35.9 Å². The van der Waals surface area contributed by atoms with E-state index in [0.717, 1.165) is 11.1 Å². The van der Waals surface area contributed by atoms with E-state index in [-0.39, 0.29) is 18.9 Å². The third-order valence-electron chi connectivity index (χ3n) is 4.84. The summed E-state index contributed by atoms with van der Waals surface area (Å²) in [6, 6.07) is 16.2. The van der Waals surface area contributed by atoms with Crippen LogP contribution in [0.2, 0.25) is 5.02 Å². The van der Waals surface area contributed by atoms with Gasteiger partial charge in [0.2, 0.25) is 11.8 Å². The number of fused-ring (bicyclic) bond motifs is 1. The molecule has 0 aliphatic carbocycles. The molecule has 10 heteroatoms. The highest BCUT2D eigenvalue weighted by Crippen LogP contribution is 2.28. The Hall–Kier alpha value is -3.85. The highest BCUT2D eigenvalue weighted by atomic mass is 35.5. The van der Waals surface area contributed by atoms with Crippen molar-refractivity contribution in [2.75, 3.05) is 27.4 Å². The van der Waals surface area contributed by atoms with Crippen LogP contribution in [0.25, 0.3) is 17.0 Å². The predicted octanol–water partition coefficient (Wildman–Crippen LogP) is 3.20. The molecule has 9 nitrogen and oxygen atoms in total. The largest absolute Gasteiger partial charge is 0.493 e. The first-order valence-corrected chi connectivity index (χ1v) is 10.5. The first-order chi connectivity index (χ1) is 16.1. The lowest BCUT2D eigenvalue weighted by atomic mass is 10.1. The lowest BCUT2D eigenvalue weighted by molar-refractivity contribution is -0.120. The molecular weight excluding hydrogens is 446 g/mol. The van der Waals surface area contributed by atoms with Crippen LogP contribution in [0.3, 0.4) is 0 Å². The van der Waals surface area contributed by atoms with E-state index < -0.39 is 0 Å². The van der Waals surface area contributed by atoms with Crippen LogP contribution in [0, 0.1) is 0 Å². The first kappa shape index (κ1) is 22.3. The van der Waals surface area contributed by atoms with E-state index in [4.69, 9.17) is 25.8 Å². The number of nitrogens with zero attached hydrogens (tertiary/aromatic N) is 4. The van der Waals surface area contributed by atoms with E-state index >= 15 is 0 Å². The monoisotopic (exact) mass is 467 g/mol. The van der Waals surface area contributed by atoms with Crippen LogP contribution >= 0.6 is 11.6 Å². The van der Waals surface area contributed by atoms with Crippen molar-refractivity contribution in [1.82, 2.24) is 25.1 Å². The quantitative estimate of drug-likeness (QED) is 0.377. The topological polar surface area (TPSA) is 99.9 Å². The first-order valence-electron chi connectivity index (χ1n) is 10.2. The molecule has 4 aromatic rings. The third kappa shape index (κ3) is 5.15. The number of halogens is 1. The molecule has 0 fully saturated rings. The molecule has 1 amide bonds. The molecule has 2 aromatic carbocycles. The fourth-order valence-electron chi connectivity index (χ4n) is 3.24. The summed E-state index contributed by atoms with van der Waals surface area (Å²) in [5.74, 6) is 1.96. The molecule has 0 saturated heterocycles. The smallest absolute Gasteiger partial charge is 0.231 e. The summed E-state index contributed by atoms with van der Waals surface area (Å²) in [7, 11) is 3.12. The zero-order valence-corrected chi connectivity index (χ0v) is 18.9. The van der Waals surface area contributed by atoms with Gasteiger partial charge in [0.05, 0.1) is 32.2 Å². The molecule has 0 bridgehead atoms. The number of amides is 1. The zero-order valence-electron chi connectivity index (χ0n) is 18.1. The maximum absolute atomic E-state index is 12.3. The van der Waals surface area contributed by atoms with Gasteiger partial charge in [0, 0.05) is 11.6 Å². The molecule has 2 aromatic heterocycles. The van der Waals surface area contributed by atoms with E-state index in [2.05, 4.69) is 20.6 Å². The number of carbonyl (C=O) groups is 1. The molecular formula is C23H22ClN5O4. The van der Waals surface area contributed by atoms with Crippen molar-refractivity contribution in [2.45, 2.75) is 6.42 Å². The van der Waals surface area contributed by atoms with Crippen LogP contribution in [-0.4, -0.2) is 53.1 Å². The van der Waals surface area contributed by atoms with E-state index in [0.29, 0.717) is 40.4 Å². The van der Waals surface area contributed by atoms with E-state index in [1.54, 1.807) is 49.1 Å². The fourth-order valence-corrected chi connectivity index (χ4v) is 3.46. The molecule has 33 heavy (non-hydrogen) atoms. The summed E-state index contributed by atoms with van der Waals surface area (Å²) < 4.78 is 17.8. The Morgan fingerprint density at radius 2 is 1.85 bits per heavy atom. The molecule has 0 unspecified atom stereocenters. The second-order valence-corrected chi connectivity index (χ2v) is 7.42. The van der Waals surface area contributed by atoms with Crippen molar-refractivity contribution in [3.8, 4) is 28.8 Å². The van der Waals surface area contributed by atoms with Gasteiger partial charge >= 0.3 is 0 Å². The van der Waals surface area contributed by atoms with Crippen molar-refractivity contribution in [3.05, 3.63) is 65.2 Å². The van der Waals surface area contributed by atoms with Crippen molar-refractivity contribution in [3.63, 3.8) is 0 Å². The predicted molar refractivity (Wildman–Crippen MR) is 123 cm³/mol. The number of hydrogen-bond acceptors (Lipinski definition) is 7. The van der Waals surface area contributed by atoms with Gasteiger partial charge < -0.3 is 19.5 Å². The Balaban J connectivity index is 1.33. The molecule has 0 spiro atoms. The summed E-state index contributed by atoms with van der Waals surface area (Å²) in [5.41, 5.74) is 2.11. The second kappa shape index (κ2) is 10.2. The minimum absolute atomic E-state index is 0.131. The number of aromatic nitrogens is 4. The van der Waals surface area contributed by atoms with Gasteiger partial charge in [-0.3, -0.25) is 4.79 Å². The average Bonchev–Trinajstić information content (AvgIpc) is 3.25. The summed E-state index contributed by atoms with van der Waals surface area (Å²) >= 11 is 6.28. The van der Waals surface area contributed by atoms with Crippen LogP contribution in [0.4, 0.5) is 0 Å². The highest BCUT2D eigenvalue weighted by molar-refractivity contribution is 6.33. The van der Waals surface area contributed by atoms with Gasteiger partial charge in [-0.15, -0.1) is 15.3 Å². The van der Waals surface area contributed by atoms with E-state index in [9.17, 15) is 4.79 Å². The summed E-state index contributed by atoms with van der Waals surface area (Å²) in [5, 5.41) is 16.1. The van der Waals surface area contributed by atoms with Gasteiger partial charge in [0.25, 0.3) is 0 Å². The number of rotatable bonds is 9. The lowest BCUT2D eigenvalue weighted by Crippen LogP contribution is -2.29. The molecule has 0 atom stereocenters. The van der Waals surface area contributed by atoms with Gasteiger partial charge in [-0.1, -0.05) is 29.8 Å². The minimum Gasteiger partial charge on any atom is -0.493 e. The van der Waals surface area contributed by atoms with Crippen molar-refractivity contribution in [2.24, 2.45) is 0 Å². The maximum atomic E-state index is 12.3. The van der Waals surface area contributed by atoms with E-state index in [1.165, 1.54) is 0 Å². The highest BCUT2D eigenvalue weighted by Gasteiger charge is 2.13. The molecule has 0 saturated carbocycles. The summed E-state index contributed by atoms with van der Waals surface area (Å²) in [6.45, 7) is 0.575. The SMILES string of the molecule is COc1ccc(CC(=O)NCCOc2ccc3nnc(-c4ccccc4Cl)n3n2)cc1OC. The van der Waals surface area contributed by atoms with Gasteiger partial charge in [0.15, 0.2) is 23.0 Å².